The highest BCUT2D eigenvalue weighted by Gasteiger charge is 2.60. The van der Waals surface area contributed by atoms with Gasteiger partial charge in [-0.1, -0.05) is 49.4 Å². The molecule has 1 spiro atoms. The summed E-state index contributed by atoms with van der Waals surface area (Å²) in [7, 11) is 0. The van der Waals surface area contributed by atoms with Crippen molar-refractivity contribution in [1.29, 1.82) is 0 Å². The summed E-state index contributed by atoms with van der Waals surface area (Å²) >= 11 is 0. The maximum Gasteiger partial charge on any atom is 0.290 e. The Morgan fingerprint density at radius 2 is 1.90 bits per heavy atom. The molecule has 3 aromatic carbocycles. The van der Waals surface area contributed by atoms with Gasteiger partial charge in [0.1, 0.15) is 17.8 Å². The number of ketones is 1. The van der Waals surface area contributed by atoms with Crippen LogP contribution in [-0.4, -0.2) is 61.9 Å². The Labute approximate surface area is 230 Å². The first-order valence-electron chi connectivity index (χ1n) is 13.7. The Kier molecular flexibility index (Phi) is 7.56. The third-order valence-corrected chi connectivity index (χ3v) is 7.76. The maximum absolute atomic E-state index is 12.0. The standard InChI is InChI=1S/C32H37N3O4/c1-5-17-38-18-15-35-29-13-9-8-12-28(29)31(3,4)32(35)33-20-27-26-11-7-6-10-24(26)19-25(30(27)39-32)22-34(14-16-36)21-23(2)37/h6-13,16,19-20H,5,14-15,17-18,21-22H2,1-4H3. The van der Waals surface area contributed by atoms with Gasteiger partial charge in [0.2, 0.25) is 0 Å². The third-order valence-electron chi connectivity index (χ3n) is 7.76. The van der Waals surface area contributed by atoms with Crippen LogP contribution in [0.1, 0.15) is 50.8 Å². The first-order chi connectivity index (χ1) is 18.8. The van der Waals surface area contributed by atoms with Crippen molar-refractivity contribution in [3.8, 4) is 5.75 Å². The van der Waals surface area contributed by atoms with Gasteiger partial charge >= 0.3 is 0 Å². The van der Waals surface area contributed by atoms with E-state index in [4.69, 9.17) is 14.5 Å². The zero-order valence-electron chi connectivity index (χ0n) is 23.3. The fraction of sp³-hybridized carbons (Fsp3) is 0.406. The van der Waals surface area contributed by atoms with Crippen molar-refractivity contribution in [3.05, 3.63) is 71.3 Å². The van der Waals surface area contributed by atoms with E-state index < -0.39 is 11.3 Å². The molecular weight excluding hydrogens is 490 g/mol. The molecule has 0 saturated heterocycles. The van der Waals surface area contributed by atoms with Crippen molar-refractivity contribution >= 4 is 34.7 Å². The average molecular weight is 528 g/mol. The molecule has 0 N–H and O–H groups in total. The second kappa shape index (κ2) is 10.9. The lowest BCUT2D eigenvalue weighted by Crippen LogP contribution is -2.60. The zero-order valence-corrected chi connectivity index (χ0v) is 23.3. The summed E-state index contributed by atoms with van der Waals surface area (Å²) in [5.74, 6) is -0.272. The number of nitrogens with zero attached hydrogens (tertiary/aromatic N) is 3. The maximum atomic E-state index is 12.0. The molecule has 1 atom stereocenters. The van der Waals surface area contributed by atoms with Crippen LogP contribution < -0.4 is 9.64 Å². The molecule has 0 fully saturated rings. The smallest absolute Gasteiger partial charge is 0.290 e. The van der Waals surface area contributed by atoms with Crippen molar-refractivity contribution in [1.82, 2.24) is 4.90 Å². The van der Waals surface area contributed by atoms with Gasteiger partial charge in [-0.2, -0.15) is 0 Å². The molecule has 2 aliphatic heterocycles. The molecule has 0 amide bonds. The Balaban J connectivity index is 1.64. The van der Waals surface area contributed by atoms with E-state index in [9.17, 15) is 9.59 Å². The van der Waals surface area contributed by atoms with Gasteiger partial charge in [-0.25, -0.2) is 4.99 Å². The molecule has 2 heterocycles. The topological polar surface area (TPSA) is 71.4 Å². The van der Waals surface area contributed by atoms with Crippen LogP contribution in [0, 0.1) is 0 Å². The monoisotopic (exact) mass is 527 g/mol. The number of para-hydroxylation sites is 1. The first kappa shape index (κ1) is 27.0. The number of carbonyl (C=O) groups excluding carboxylic acids is 2. The van der Waals surface area contributed by atoms with E-state index >= 15 is 0 Å². The van der Waals surface area contributed by atoms with Crippen LogP contribution in [-0.2, 0) is 26.3 Å². The summed E-state index contributed by atoms with van der Waals surface area (Å²) < 4.78 is 13.1. The molecule has 7 nitrogen and oxygen atoms in total. The minimum Gasteiger partial charge on any atom is -0.446 e. The van der Waals surface area contributed by atoms with E-state index in [0.717, 1.165) is 46.0 Å². The van der Waals surface area contributed by atoms with Gasteiger partial charge in [-0.3, -0.25) is 9.69 Å². The van der Waals surface area contributed by atoms with Gasteiger partial charge in [-0.05, 0) is 55.7 Å². The molecule has 0 aromatic heterocycles. The van der Waals surface area contributed by atoms with Crippen LogP contribution in [0.5, 0.6) is 5.75 Å². The number of fused-ring (bicyclic) bond motifs is 4. The summed E-state index contributed by atoms with van der Waals surface area (Å²) in [6.45, 7) is 10.7. The Morgan fingerprint density at radius 1 is 1.13 bits per heavy atom. The van der Waals surface area contributed by atoms with Crippen molar-refractivity contribution in [2.45, 2.75) is 51.9 Å². The molecule has 0 aliphatic carbocycles. The van der Waals surface area contributed by atoms with Crippen LogP contribution in [0.2, 0.25) is 0 Å². The lowest BCUT2D eigenvalue weighted by atomic mass is 9.81. The second-order valence-electron chi connectivity index (χ2n) is 10.9. The number of rotatable bonds is 11. The van der Waals surface area contributed by atoms with Crippen molar-refractivity contribution in [2.24, 2.45) is 4.99 Å². The zero-order chi connectivity index (χ0) is 27.6. The summed E-state index contributed by atoms with van der Waals surface area (Å²) in [6.07, 6.45) is 3.76. The number of aliphatic imine (C=N–C) groups is 1. The van der Waals surface area contributed by atoms with Crippen LogP contribution in [0.25, 0.3) is 10.8 Å². The van der Waals surface area contributed by atoms with Crippen LogP contribution in [0.15, 0.2) is 59.6 Å². The van der Waals surface area contributed by atoms with E-state index in [0.29, 0.717) is 26.3 Å². The van der Waals surface area contributed by atoms with Gasteiger partial charge in [0.05, 0.1) is 25.1 Å². The fourth-order valence-corrected chi connectivity index (χ4v) is 5.95. The van der Waals surface area contributed by atoms with Crippen molar-refractivity contribution in [2.75, 3.05) is 37.7 Å². The van der Waals surface area contributed by atoms with Gasteiger partial charge in [0, 0.05) is 42.7 Å². The molecule has 39 heavy (non-hydrogen) atoms. The normalized spacial score (nSPS) is 18.8. The van der Waals surface area contributed by atoms with E-state index in [1.54, 1.807) is 6.92 Å². The number of anilines is 1. The first-order valence-corrected chi connectivity index (χ1v) is 13.7. The second-order valence-corrected chi connectivity index (χ2v) is 10.9. The molecule has 204 valence electrons. The Hall–Kier alpha value is -3.55. The number of Topliss-reactive ketones (excluding diaryl/α,β-unsaturated/α-hetero) is 1. The summed E-state index contributed by atoms with van der Waals surface area (Å²) in [5.41, 5.74) is 3.61. The number of ether oxygens (including phenoxy) is 2. The SMILES string of the molecule is CCCOCCN1c2ccccc2C(C)(C)C12N=Cc1c(c(CN(CC=O)CC(C)=O)cc3ccccc13)O2. The quantitative estimate of drug-likeness (QED) is 0.255. The van der Waals surface area contributed by atoms with Crippen LogP contribution in [0.3, 0.4) is 0 Å². The van der Waals surface area contributed by atoms with Gasteiger partial charge < -0.3 is 19.2 Å². The lowest BCUT2D eigenvalue weighted by molar-refractivity contribution is -0.118. The predicted molar refractivity (Wildman–Crippen MR) is 155 cm³/mol. The predicted octanol–water partition coefficient (Wildman–Crippen LogP) is 5.12. The lowest BCUT2D eigenvalue weighted by Gasteiger charge is -2.46. The Bertz CT molecular complexity index is 1420. The van der Waals surface area contributed by atoms with Crippen LogP contribution in [0.4, 0.5) is 5.69 Å². The minimum atomic E-state index is -1.02. The number of carbonyl (C=O) groups is 2. The highest BCUT2D eigenvalue weighted by Crippen LogP contribution is 2.55. The minimum absolute atomic E-state index is 0.0103. The number of hydrogen-bond donors (Lipinski definition) is 0. The van der Waals surface area contributed by atoms with Crippen molar-refractivity contribution in [3.63, 3.8) is 0 Å². The fourth-order valence-electron chi connectivity index (χ4n) is 5.95. The summed E-state index contributed by atoms with van der Waals surface area (Å²) in [5, 5.41) is 2.11. The Morgan fingerprint density at radius 3 is 2.67 bits per heavy atom. The van der Waals surface area contributed by atoms with Gasteiger partial charge in [0.15, 0.2) is 0 Å². The highest BCUT2D eigenvalue weighted by atomic mass is 16.5. The number of benzene rings is 3. The molecule has 7 heteroatoms. The molecule has 0 saturated carbocycles. The third kappa shape index (κ3) is 4.74. The summed E-state index contributed by atoms with van der Waals surface area (Å²) in [6, 6.07) is 18.7. The summed E-state index contributed by atoms with van der Waals surface area (Å²) in [4.78, 5) is 32.8. The molecule has 5 rings (SSSR count). The van der Waals surface area contributed by atoms with Crippen LogP contribution >= 0.6 is 0 Å². The van der Waals surface area contributed by atoms with E-state index in [2.05, 4.69) is 62.1 Å². The molecule has 0 bridgehead atoms. The number of aldehydes is 1. The van der Waals surface area contributed by atoms with Gasteiger partial charge in [-0.15, -0.1) is 0 Å². The highest BCUT2D eigenvalue weighted by molar-refractivity contribution is 6.04. The molecule has 3 aromatic rings. The van der Waals surface area contributed by atoms with Gasteiger partial charge in [0.25, 0.3) is 5.85 Å². The van der Waals surface area contributed by atoms with E-state index in [1.807, 2.05) is 29.3 Å². The molecule has 1 unspecified atom stereocenters. The van der Waals surface area contributed by atoms with Crippen molar-refractivity contribution < 1.29 is 19.1 Å². The molecule has 2 aliphatic rings. The number of hydrogen-bond acceptors (Lipinski definition) is 7. The van der Waals surface area contributed by atoms with E-state index in [-0.39, 0.29) is 18.9 Å². The molecular formula is C32H37N3O4. The van der Waals surface area contributed by atoms with E-state index in [1.165, 1.54) is 5.56 Å². The molecule has 0 radical (unpaired) electrons. The largest absolute Gasteiger partial charge is 0.446 e. The average Bonchev–Trinajstić information content (AvgIpc) is 3.09.